The maximum atomic E-state index is 9.27. The predicted molar refractivity (Wildman–Crippen MR) is 128 cm³/mol. The lowest BCUT2D eigenvalue weighted by Gasteiger charge is -2.27. The Morgan fingerprint density at radius 2 is 1.78 bits per heavy atom. The Labute approximate surface area is 191 Å². The SMILES string of the molecule is C=C(NC(CCc1ccc(C)cc1)C(C)OO)OCC1c2ccccc2C2C=CC=CC21. The zero-order valence-electron chi connectivity index (χ0n) is 18.9. The van der Waals surface area contributed by atoms with Crippen LogP contribution in [0.4, 0.5) is 0 Å². The molecule has 2 N–H and O–H groups in total. The molecule has 2 aromatic rings. The summed E-state index contributed by atoms with van der Waals surface area (Å²) in [5.41, 5.74) is 5.25. The number of hydrogen-bond donors (Lipinski definition) is 2. The van der Waals surface area contributed by atoms with E-state index < -0.39 is 0 Å². The minimum Gasteiger partial charge on any atom is -0.479 e. The van der Waals surface area contributed by atoms with Crippen LogP contribution in [0.5, 0.6) is 0 Å². The van der Waals surface area contributed by atoms with Crippen LogP contribution in [0.25, 0.3) is 0 Å². The fraction of sp³-hybridized carbons (Fsp3) is 0.357. The molecule has 4 nitrogen and oxygen atoms in total. The fourth-order valence-corrected chi connectivity index (χ4v) is 4.89. The van der Waals surface area contributed by atoms with E-state index in [0.717, 1.165) is 12.8 Å². The highest BCUT2D eigenvalue weighted by Crippen LogP contribution is 2.49. The van der Waals surface area contributed by atoms with Gasteiger partial charge in [-0.05, 0) is 55.9 Å². The average Bonchev–Trinajstić information content (AvgIpc) is 3.14. The van der Waals surface area contributed by atoms with Gasteiger partial charge < -0.3 is 10.1 Å². The highest BCUT2D eigenvalue weighted by molar-refractivity contribution is 5.46. The Morgan fingerprint density at radius 1 is 1.06 bits per heavy atom. The van der Waals surface area contributed by atoms with Crippen LogP contribution < -0.4 is 5.32 Å². The molecule has 5 atom stereocenters. The van der Waals surface area contributed by atoms with Gasteiger partial charge in [-0.1, -0.05) is 78.4 Å². The number of rotatable bonds is 10. The second-order valence-electron chi connectivity index (χ2n) is 8.93. The third-order valence-electron chi connectivity index (χ3n) is 6.78. The summed E-state index contributed by atoms with van der Waals surface area (Å²) in [6.45, 7) is 8.58. The van der Waals surface area contributed by atoms with E-state index in [1.165, 1.54) is 22.3 Å². The van der Waals surface area contributed by atoms with Crippen molar-refractivity contribution in [3.8, 4) is 0 Å². The van der Waals surface area contributed by atoms with E-state index >= 15 is 0 Å². The van der Waals surface area contributed by atoms with Crippen molar-refractivity contribution in [3.63, 3.8) is 0 Å². The zero-order valence-corrected chi connectivity index (χ0v) is 18.9. The summed E-state index contributed by atoms with van der Waals surface area (Å²) in [7, 11) is 0. The minimum atomic E-state index is -0.385. The largest absolute Gasteiger partial charge is 0.479 e. The first-order chi connectivity index (χ1) is 15.6. The van der Waals surface area contributed by atoms with Gasteiger partial charge in [0.05, 0.1) is 12.6 Å². The molecule has 2 aromatic carbocycles. The van der Waals surface area contributed by atoms with Crippen molar-refractivity contribution in [2.24, 2.45) is 5.92 Å². The Kier molecular flexibility index (Phi) is 7.13. The molecule has 0 radical (unpaired) electrons. The van der Waals surface area contributed by atoms with Crippen molar-refractivity contribution in [1.82, 2.24) is 5.32 Å². The first-order valence-corrected chi connectivity index (χ1v) is 11.4. The first-order valence-electron chi connectivity index (χ1n) is 11.4. The minimum absolute atomic E-state index is 0.116. The number of ether oxygens (including phenoxy) is 1. The summed E-state index contributed by atoms with van der Waals surface area (Å²) in [5, 5.41) is 12.6. The number of hydrogen-bond acceptors (Lipinski definition) is 4. The molecule has 2 aliphatic rings. The zero-order chi connectivity index (χ0) is 22.5. The first kappa shape index (κ1) is 22.4. The van der Waals surface area contributed by atoms with Crippen LogP contribution in [-0.2, 0) is 16.0 Å². The molecule has 0 saturated heterocycles. The molecule has 4 heteroatoms. The molecule has 4 rings (SSSR count). The molecule has 0 aliphatic heterocycles. The molecular formula is C28H33NO3. The summed E-state index contributed by atoms with van der Waals surface area (Å²) < 4.78 is 6.12. The molecule has 0 saturated carbocycles. The van der Waals surface area contributed by atoms with Crippen LogP contribution in [0.1, 0.15) is 47.4 Å². The second kappa shape index (κ2) is 10.2. The van der Waals surface area contributed by atoms with Gasteiger partial charge in [-0.3, -0.25) is 5.26 Å². The van der Waals surface area contributed by atoms with Gasteiger partial charge in [-0.25, -0.2) is 4.89 Å². The molecule has 32 heavy (non-hydrogen) atoms. The van der Waals surface area contributed by atoms with E-state index in [-0.39, 0.29) is 18.1 Å². The van der Waals surface area contributed by atoms with Crippen molar-refractivity contribution >= 4 is 0 Å². The van der Waals surface area contributed by atoms with Gasteiger partial charge in [0.1, 0.15) is 6.10 Å². The van der Waals surface area contributed by atoms with Crippen LogP contribution in [0, 0.1) is 12.8 Å². The summed E-state index contributed by atoms with van der Waals surface area (Å²) in [6.07, 6.45) is 10.1. The fourth-order valence-electron chi connectivity index (χ4n) is 4.89. The lowest BCUT2D eigenvalue weighted by Crippen LogP contribution is -2.40. The molecule has 0 bridgehead atoms. The number of allylic oxidation sites excluding steroid dienone is 4. The van der Waals surface area contributed by atoms with Crippen molar-refractivity contribution in [2.75, 3.05) is 6.61 Å². The van der Waals surface area contributed by atoms with Gasteiger partial charge in [0, 0.05) is 11.8 Å². The summed E-state index contributed by atoms with van der Waals surface area (Å²) >= 11 is 0. The van der Waals surface area contributed by atoms with Crippen molar-refractivity contribution < 1.29 is 14.9 Å². The van der Waals surface area contributed by atoms with E-state index in [1.54, 1.807) is 0 Å². The van der Waals surface area contributed by atoms with Crippen molar-refractivity contribution in [2.45, 2.75) is 50.7 Å². The van der Waals surface area contributed by atoms with Crippen LogP contribution >= 0.6 is 0 Å². The standard InChI is InChI=1S/C28H33NO3/c1-19-12-14-22(15-13-19)16-17-28(20(2)32-30)29-21(3)31-18-27-25-10-6-4-8-23(25)24-9-5-7-11-26(24)27/h4-15,20,23,25,27-30H,3,16-18H2,1-2H3. The van der Waals surface area contributed by atoms with Crippen LogP contribution in [0.2, 0.25) is 0 Å². The average molecular weight is 432 g/mol. The summed E-state index contributed by atoms with van der Waals surface area (Å²) in [6, 6.07) is 17.1. The highest BCUT2D eigenvalue weighted by Gasteiger charge is 2.38. The van der Waals surface area contributed by atoms with E-state index in [9.17, 15) is 5.26 Å². The van der Waals surface area contributed by atoms with Crippen molar-refractivity contribution in [1.29, 1.82) is 0 Å². The van der Waals surface area contributed by atoms with Gasteiger partial charge >= 0.3 is 0 Å². The van der Waals surface area contributed by atoms with E-state index in [2.05, 4.69) is 96.5 Å². The molecule has 0 spiro atoms. The molecular weight excluding hydrogens is 398 g/mol. The second-order valence-corrected chi connectivity index (χ2v) is 8.93. The van der Waals surface area contributed by atoms with Crippen LogP contribution in [-0.4, -0.2) is 24.0 Å². The van der Waals surface area contributed by atoms with Gasteiger partial charge in [-0.2, -0.15) is 0 Å². The molecule has 168 valence electrons. The smallest absolute Gasteiger partial charge is 0.179 e. The third kappa shape index (κ3) is 4.98. The monoisotopic (exact) mass is 431 g/mol. The Balaban J connectivity index is 1.36. The molecule has 5 unspecified atom stereocenters. The van der Waals surface area contributed by atoms with Crippen molar-refractivity contribution in [3.05, 3.63) is 108 Å². The number of fused-ring (bicyclic) bond motifs is 3. The number of nitrogens with one attached hydrogen (secondary N) is 1. The lowest BCUT2D eigenvalue weighted by molar-refractivity contribution is -0.280. The molecule has 0 aromatic heterocycles. The lowest BCUT2D eigenvalue weighted by atomic mass is 9.84. The number of aryl methyl sites for hydroxylation is 2. The maximum absolute atomic E-state index is 9.27. The Morgan fingerprint density at radius 3 is 2.53 bits per heavy atom. The van der Waals surface area contributed by atoms with E-state index in [4.69, 9.17) is 4.74 Å². The molecule has 0 fully saturated rings. The predicted octanol–water partition coefficient (Wildman–Crippen LogP) is 5.87. The van der Waals surface area contributed by atoms with Crippen LogP contribution in [0.3, 0.4) is 0 Å². The number of benzene rings is 2. The topological polar surface area (TPSA) is 50.7 Å². The Hall–Kier alpha value is -2.82. The third-order valence-corrected chi connectivity index (χ3v) is 6.78. The summed E-state index contributed by atoms with van der Waals surface area (Å²) in [4.78, 5) is 4.64. The Bertz CT molecular complexity index is 978. The van der Waals surface area contributed by atoms with Gasteiger partial charge in [0.2, 0.25) is 0 Å². The van der Waals surface area contributed by atoms with Gasteiger partial charge in [0.25, 0.3) is 0 Å². The van der Waals surface area contributed by atoms with Gasteiger partial charge in [0.15, 0.2) is 5.88 Å². The summed E-state index contributed by atoms with van der Waals surface area (Å²) in [5.74, 6) is 1.62. The van der Waals surface area contributed by atoms with E-state index in [0.29, 0.717) is 24.3 Å². The highest BCUT2D eigenvalue weighted by atomic mass is 17.1. The van der Waals surface area contributed by atoms with Crippen LogP contribution in [0.15, 0.2) is 85.3 Å². The van der Waals surface area contributed by atoms with E-state index in [1.807, 2.05) is 6.92 Å². The molecule has 0 amide bonds. The molecule has 2 aliphatic carbocycles. The normalized spacial score (nSPS) is 22.7. The quantitative estimate of drug-likeness (QED) is 0.280. The molecule has 0 heterocycles. The maximum Gasteiger partial charge on any atom is 0.179 e. The van der Waals surface area contributed by atoms with Gasteiger partial charge in [-0.15, -0.1) is 0 Å².